The van der Waals surface area contributed by atoms with Crippen molar-refractivity contribution in [3.8, 4) is 5.75 Å². The molecule has 0 radical (unpaired) electrons. The van der Waals surface area contributed by atoms with Gasteiger partial charge in [0.15, 0.2) is 0 Å². The van der Waals surface area contributed by atoms with Gasteiger partial charge in [0.25, 0.3) is 0 Å². The van der Waals surface area contributed by atoms with Crippen LogP contribution >= 0.6 is 0 Å². The van der Waals surface area contributed by atoms with Crippen LogP contribution in [0.5, 0.6) is 5.75 Å². The third-order valence-corrected chi connectivity index (χ3v) is 2.46. The van der Waals surface area contributed by atoms with E-state index in [0.717, 1.165) is 18.5 Å². The molecule has 1 aliphatic heterocycles. The standard InChI is InChI=1S/C10H13NO2/c12-6-9-3-8-4-10(13)2-1-7(8)5-11-9/h1-2,4,9,11-13H,3,5-6H2. The van der Waals surface area contributed by atoms with Crippen molar-refractivity contribution >= 4 is 0 Å². The molecule has 2 rings (SSSR count). The van der Waals surface area contributed by atoms with Crippen molar-refractivity contribution in [1.29, 1.82) is 0 Å². The minimum Gasteiger partial charge on any atom is -0.508 e. The van der Waals surface area contributed by atoms with E-state index in [1.54, 1.807) is 12.1 Å². The summed E-state index contributed by atoms with van der Waals surface area (Å²) in [5.74, 6) is 0.303. The number of aromatic hydroxyl groups is 1. The van der Waals surface area contributed by atoms with Crippen LogP contribution in [0, 0.1) is 0 Å². The number of nitrogens with one attached hydrogen (secondary N) is 1. The number of hydrogen-bond acceptors (Lipinski definition) is 3. The highest BCUT2D eigenvalue weighted by Gasteiger charge is 2.16. The number of phenolic OH excluding ortho intramolecular Hbond substituents is 1. The maximum atomic E-state index is 9.26. The fraction of sp³-hybridized carbons (Fsp3) is 0.400. The highest BCUT2D eigenvalue weighted by Crippen LogP contribution is 2.21. The molecule has 0 saturated carbocycles. The van der Waals surface area contributed by atoms with Gasteiger partial charge in [0, 0.05) is 12.6 Å². The second-order valence-corrected chi connectivity index (χ2v) is 3.42. The molecule has 0 fully saturated rings. The normalized spacial score (nSPS) is 21.2. The molecule has 13 heavy (non-hydrogen) atoms. The maximum Gasteiger partial charge on any atom is 0.115 e. The van der Waals surface area contributed by atoms with E-state index < -0.39 is 0 Å². The molecule has 0 spiro atoms. The minimum absolute atomic E-state index is 0.134. The molecule has 1 aliphatic rings. The number of rotatable bonds is 1. The summed E-state index contributed by atoms with van der Waals surface area (Å²) in [7, 11) is 0. The van der Waals surface area contributed by atoms with Gasteiger partial charge in [0.05, 0.1) is 6.61 Å². The molecule has 1 aromatic rings. The van der Waals surface area contributed by atoms with Gasteiger partial charge in [-0.05, 0) is 29.7 Å². The van der Waals surface area contributed by atoms with Crippen molar-refractivity contribution in [3.63, 3.8) is 0 Å². The molecule has 1 unspecified atom stereocenters. The molecule has 3 heteroatoms. The van der Waals surface area contributed by atoms with Gasteiger partial charge in [-0.3, -0.25) is 0 Å². The molecule has 0 aromatic heterocycles. The largest absolute Gasteiger partial charge is 0.508 e. The summed E-state index contributed by atoms with van der Waals surface area (Å²) in [4.78, 5) is 0. The highest BCUT2D eigenvalue weighted by molar-refractivity contribution is 5.36. The Labute approximate surface area is 77.0 Å². The Kier molecular flexibility index (Phi) is 2.20. The van der Waals surface area contributed by atoms with Crippen LogP contribution in [-0.2, 0) is 13.0 Å². The van der Waals surface area contributed by atoms with Crippen LogP contribution in [0.2, 0.25) is 0 Å². The van der Waals surface area contributed by atoms with Crippen molar-refractivity contribution in [2.45, 2.75) is 19.0 Å². The molecule has 0 amide bonds. The number of aliphatic hydroxyl groups is 1. The van der Waals surface area contributed by atoms with E-state index in [9.17, 15) is 5.11 Å². The van der Waals surface area contributed by atoms with Crippen LogP contribution in [-0.4, -0.2) is 22.9 Å². The van der Waals surface area contributed by atoms with Crippen LogP contribution in [0.1, 0.15) is 11.1 Å². The smallest absolute Gasteiger partial charge is 0.115 e. The van der Waals surface area contributed by atoms with Gasteiger partial charge in [0.2, 0.25) is 0 Å². The Balaban J connectivity index is 2.27. The van der Waals surface area contributed by atoms with Crippen LogP contribution < -0.4 is 5.32 Å². The Bertz CT molecular complexity index is 312. The Hall–Kier alpha value is -1.06. The zero-order valence-corrected chi connectivity index (χ0v) is 7.33. The van der Waals surface area contributed by atoms with Crippen molar-refractivity contribution in [3.05, 3.63) is 29.3 Å². The van der Waals surface area contributed by atoms with E-state index in [1.165, 1.54) is 5.56 Å². The summed E-state index contributed by atoms with van der Waals surface area (Å²) in [6, 6.07) is 5.53. The molecule has 0 saturated heterocycles. The first kappa shape index (κ1) is 8.53. The third kappa shape index (κ3) is 1.66. The lowest BCUT2D eigenvalue weighted by Crippen LogP contribution is -2.38. The third-order valence-electron chi connectivity index (χ3n) is 2.46. The average Bonchev–Trinajstić information content (AvgIpc) is 2.16. The number of benzene rings is 1. The predicted octanol–water partition coefficient (Wildman–Crippen LogP) is 0.399. The lowest BCUT2D eigenvalue weighted by Gasteiger charge is -2.24. The summed E-state index contributed by atoms with van der Waals surface area (Å²) in [5, 5.41) is 21.4. The number of hydrogen-bond donors (Lipinski definition) is 3. The molecule has 3 nitrogen and oxygen atoms in total. The van der Waals surface area contributed by atoms with Crippen molar-refractivity contribution in [1.82, 2.24) is 5.32 Å². The SMILES string of the molecule is OCC1Cc2cc(O)ccc2CN1. The Morgan fingerprint density at radius 1 is 1.38 bits per heavy atom. The van der Waals surface area contributed by atoms with E-state index in [4.69, 9.17) is 5.11 Å². The first-order chi connectivity index (χ1) is 6.29. The first-order valence-electron chi connectivity index (χ1n) is 4.44. The molecule has 70 valence electrons. The van der Waals surface area contributed by atoms with Gasteiger partial charge in [-0.15, -0.1) is 0 Å². The summed E-state index contributed by atoms with van der Waals surface area (Å²) < 4.78 is 0. The van der Waals surface area contributed by atoms with Gasteiger partial charge in [-0.25, -0.2) is 0 Å². The molecule has 1 aromatic carbocycles. The zero-order valence-electron chi connectivity index (χ0n) is 7.33. The molecule has 0 bridgehead atoms. The van der Waals surface area contributed by atoms with Gasteiger partial charge in [0.1, 0.15) is 5.75 Å². The van der Waals surface area contributed by atoms with Crippen molar-refractivity contribution in [2.75, 3.05) is 6.61 Å². The lowest BCUT2D eigenvalue weighted by molar-refractivity contribution is 0.235. The summed E-state index contributed by atoms with van der Waals surface area (Å²) in [5.41, 5.74) is 2.35. The number of aliphatic hydroxyl groups excluding tert-OH is 1. The van der Waals surface area contributed by atoms with Gasteiger partial charge in [-0.1, -0.05) is 6.07 Å². The number of phenols is 1. The summed E-state index contributed by atoms with van der Waals surface area (Å²) >= 11 is 0. The average molecular weight is 179 g/mol. The fourth-order valence-corrected chi connectivity index (χ4v) is 1.70. The Morgan fingerprint density at radius 3 is 3.00 bits per heavy atom. The monoisotopic (exact) mass is 179 g/mol. The zero-order chi connectivity index (χ0) is 9.26. The summed E-state index contributed by atoms with van der Waals surface area (Å²) in [6.07, 6.45) is 0.792. The van der Waals surface area contributed by atoms with Crippen LogP contribution in [0.25, 0.3) is 0 Å². The van der Waals surface area contributed by atoms with Gasteiger partial charge < -0.3 is 15.5 Å². The molecule has 1 heterocycles. The summed E-state index contributed by atoms with van der Waals surface area (Å²) in [6.45, 7) is 0.927. The van der Waals surface area contributed by atoms with Crippen molar-refractivity contribution in [2.24, 2.45) is 0 Å². The second-order valence-electron chi connectivity index (χ2n) is 3.42. The van der Waals surface area contributed by atoms with E-state index in [-0.39, 0.29) is 12.6 Å². The molecular weight excluding hydrogens is 166 g/mol. The minimum atomic E-state index is 0.134. The predicted molar refractivity (Wildman–Crippen MR) is 49.5 cm³/mol. The van der Waals surface area contributed by atoms with E-state index in [2.05, 4.69) is 5.32 Å². The first-order valence-corrected chi connectivity index (χ1v) is 4.44. The van der Waals surface area contributed by atoms with Crippen LogP contribution in [0.3, 0.4) is 0 Å². The highest BCUT2D eigenvalue weighted by atomic mass is 16.3. The molecule has 0 aliphatic carbocycles. The van der Waals surface area contributed by atoms with Gasteiger partial charge in [-0.2, -0.15) is 0 Å². The van der Waals surface area contributed by atoms with E-state index in [0.29, 0.717) is 5.75 Å². The van der Waals surface area contributed by atoms with E-state index in [1.807, 2.05) is 6.07 Å². The van der Waals surface area contributed by atoms with E-state index >= 15 is 0 Å². The maximum absolute atomic E-state index is 9.26. The van der Waals surface area contributed by atoms with Gasteiger partial charge >= 0.3 is 0 Å². The quantitative estimate of drug-likeness (QED) is 0.585. The van der Waals surface area contributed by atoms with Crippen LogP contribution in [0.15, 0.2) is 18.2 Å². The Morgan fingerprint density at radius 2 is 2.23 bits per heavy atom. The molecule has 1 atom stereocenters. The lowest BCUT2D eigenvalue weighted by atomic mass is 9.96. The van der Waals surface area contributed by atoms with Crippen molar-refractivity contribution < 1.29 is 10.2 Å². The fourth-order valence-electron chi connectivity index (χ4n) is 1.70. The topological polar surface area (TPSA) is 52.5 Å². The molecule has 3 N–H and O–H groups in total. The molecular formula is C10H13NO2. The number of fused-ring (bicyclic) bond motifs is 1. The second kappa shape index (κ2) is 3.36. The van der Waals surface area contributed by atoms with Crippen LogP contribution in [0.4, 0.5) is 0 Å².